The van der Waals surface area contributed by atoms with E-state index < -0.39 is 11.6 Å². The lowest BCUT2D eigenvalue weighted by Gasteiger charge is -2.37. The molecular formula is C33H31NO6. The van der Waals surface area contributed by atoms with Gasteiger partial charge in [-0.1, -0.05) is 24.3 Å². The average Bonchev–Trinajstić information content (AvgIpc) is 3.04. The first-order valence-corrected chi connectivity index (χ1v) is 13.3. The van der Waals surface area contributed by atoms with Gasteiger partial charge in [0.15, 0.2) is 5.60 Å². The number of hydrogen-bond donors (Lipinski definition) is 0. The van der Waals surface area contributed by atoms with Crippen molar-refractivity contribution in [3.63, 3.8) is 0 Å². The van der Waals surface area contributed by atoms with Crippen LogP contribution in [0.2, 0.25) is 0 Å². The van der Waals surface area contributed by atoms with Gasteiger partial charge < -0.3 is 28.6 Å². The lowest BCUT2D eigenvalue weighted by molar-refractivity contribution is 0.0599. The van der Waals surface area contributed by atoms with E-state index >= 15 is 0 Å². The van der Waals surface area contributed by atoms with Gasteiger partial charge in [-0.05, 0) is 66.1 Å². The number of nitrogens with zero attached hydrogens (tertiary/aromatic N) is 1. The van der Waals surface area contributed by atoms with Gasteiger partial charge in [0.05, 0.1) is 40.1 Å². The molecular weight excluding hydrogens is 506 g/mol. The van der Waals surface area contributed by atoms with Crippen molar-refractivity contribution in [3.05, 3.63) is 101 Å². The highest BCUT2D eigenvalue weighted by molar-refractivity contribution is 6.04. The van der Waals surface area contributed by atoms with Gasteiger partial charge in [0.2, 0.25) is 0 Å². The molecule has 0 spiro atoms. The molecule has 4 aromatic carbocycles. The molecule has 2 aliphatic heterocycles. The molecule has 0 bridgehead atoms. The molecule has 0 aromatic heterocycles. The molecule has 40 heavy (non-hydrogen) atoms. The second-order valence-electron chi connectivity index (χ2n) is 9.79. The molecule has 0 aliphatic carbocycles. The fraction of sp³-hybridized carbons (Fsp3) is 0.242. The second kappa shape index (κ2) is 10.6. The predicted molar refractivity (Wildman–Crippen MR) is 155 cm³/mol. The van der Waals surface area contributed by atoms with E-state index in [1.807, 2.05) is 60.7 Å². The first-order chi connectivity index (χ1) is 19.6. The maximum absolute atomic E-state index is 12.9. The number of hydrogen-bond acceptors (Lipinski definition) is 7. The van der Waals surface area contributed by atoms with Crippen LogP contribution in [0.4, 0.5) is 5.69 Å². The third-order valence-corrected chi connectivity index (χ3v) is 7.68. The van der Waals surface area contributed by atoms with Crippen LogP contribution >= 0.6 is 0 Å². The number of carbonyl (C=O) groups is 1. The lowest BCUT2D eigenvalue weighted by atomic mass is 9.82. The van der Waals surface area contributed by atoms with Gasteiger partial charge in [-0.15, -0.1) is 0 Å². The Hall–Kier alpha value is -4.49. The Morgan fingerprint density at radius 2 is 1.48 bits per heavy atom. The summed E-state index contributed by atoms with van der Waals surface area (Å²) < 4.78 is 28.6. The molecule has 204 valence electrons. The van der Waals surface area contributed by atoms with E-state index in [-0.39, 0.29) is 0 Å². The molecule has 1 unspecified atom stereocenters. The van der Waals surface area contributed by atoms with E-state index in [1.165, 1.54) is 7.11 Å². The highest BCUT2D eigenvalue weighted by atomic mass is 16.5. The lowest BCUT2D eigenvalue weighted by Crippen LogP contribution is -2.37. The molecule has 0 saturated carbocycles. The van der Waals surface area contributed by atoms with Crippen molar-refractivity contribution in [2.75, 3.05) is 52.5 Å². The van der Waals surface area contributed by atoms with Gasteiger partial charge in [-0.25, -0.2) is 4.79 Å². The second-order valence-corrected chi connectivity index (χ2v) is 9.79. The Morgan fingerprint density at radius 3 is 2.12 bits per heavy atom. The van der Waals surface area contributed by atoms with Crippen LogP contribution in [0.5, 0.6) is 17.2 Å². The number of carbonyl (C=O) groups excluding carboxylic acids is 1. The number of esters is 1. The maximum Gasteiger partial charge on any atom is 0.338 e. The summed E-state index contributed by atoms with van der Waals surface area (Å²) in [6, 6.07) is 24.0. The van der Waals surface area contributed by atoms with Crippen LogP contribution in [0.15, 0.2) is 78.9 Å². The van der Waals surface area contributed by atoms with Crippen LogP contribution < -0.4 is 19.1 Å². The number of methoxy groups -OCH3 is 3. The van der Waals surface area contributed by atoms with Crippen molar-refractivity contribution < 1.29 is 28.5 Å². The van der Waals surface area contributed by atoms with Crippen molar-refractivity contribution in [3.8, 4) is 17.2 Å². The standard InChI is InChI=1S/C33H31NO6/c1-36-26-10-6-24(7-11-26)33(23-4-8-25(9-5-23)34-16-18-39-19-17-34)15-14-29-30(32(35)38-3)21-22-20-27(37-2)12-13-28(22)31(29)40-33/h4-15,20-21H,16-19H2,1-3H3. The van der Waals surface area contributed by atoms with Crippen LogP contribution in [-0.2, 0) is 15.1 Å². The molecule has 7 nitrogen and oxygen atoms in total. The third-order valence-electron chi connectivity index (χ3n) is 7.68. The Bertz CT molecular complexity index is 1570. The third kappa shape index (κ3) is 4.42. The zero-order valence-electron chi connectivity index (χ0n) is 22.8. The molecule has 1 atom stereocenters. The van der Waals surface area contributed by atoms with Crippen molar-refractivity contribution in [1.29, 1.82) is 0 Å². The van der Waals surface area contributed by atoms with Gasteiger partial charge in [-0.3, -0.25) is 0 Å². The number of rotatable bonds is 6. The SMILES string of the molecule is COC(=O)c1cc2cc(OC)ccc2c2c1C=CC(c1ccc(OC)cc1)(c1ccc(N3CCOCC3)cc1)O2. The first-order valence-electron chi connectivity index (χ1n) is 13.3. The van der Waals surface area contributed by atoms with Crippen LogP contribution in [0.25, 0.3) is 16.8 Å². The fourth-order valence-electron chi connectivity index (χ4n) is 5.50. The summed E-state index contributed by atoms with van der Waals surface area (Å²) in [5.74, 6) is 1.62. The van der Waals surface area contributed by atoms with Crippen LogP contribution in [0, 0.1) is 0 Å². The quantitative estimate of drug-likeness (QED) is 0.287. The molecule has 1 saturated heterocycles. The van der Waals surface area contributed by atoms with Crippen LogP contribution in [-0.4, -0.2) is 53.6 Å². The van der Waals surface area contributed by atoms with E-state index in [4.69, 9.17) is 23.7 Å². The van der Waals surface area contributed by atoms with Gasteiger partial charge in [0, 0.05) is 40.9 Å². The maximum atomic E-state index is 12.9. The number of morpholine rings is 1. The number of fused-ring (bicyclic) bond motifs is 3. The van der Waals surface area contributed by atoms with Gasteiger partial charge in [-0.2, -0.15) is 0 Å². The average molecular weight is 538 g/mol. The van der Waals surface area contributed by atoms with Crippen molar-refractivity contribution in [2.45, 2.75) is 5.60 Å². The topological polar surface area (TPSA) is 66.5 Å². The minimum atomic E-state index is -0.954. The van der Waals surface area contributed by atoms with Gasteiger partial charge >= 0.3 is 5.97 Å². The summed E-state index contributed by atoms with van der Waals surface area (Å²) in [5, 5.41) is 1.69. The molecule has 2 heterocycles. The molecule has 0 radical (unpaired) electrons. The summed E-state index contributed by atoms with van der Waals surface area (Å²) in [6.07, 6.45) is 3.98. The number of anilines is 1. The van der Waals surface area contributed by atoms with Crippen molar-refractivity contribution >= 4 is 28.5 Å². The Morgan fingerprint density at radius 1 is 0.825 bits per heavy atom. The summed E-state index contributed by atoms with van der Waals surface area (Å²) >= 11 is 0. The zero-order chi connectivity index (χ0) is 27.7. The first kappa shape index (κ1) is 25.8. The number of benzene rings is 4. The molecule has 0 N–H and O–H groups in total. The van der Waals surface area contributed by atoms with Gasteiger partial charge in [0.25, 0.3) is 0 Å². The highest BCUT2D eigenvalue weighted by Gasteiger charge is 2.39. The summed E-state index contributed by atoms with van der Waals surface area (Å²) in [6.45, 7) is 3.16. The van der Waals surface area contributed by atoms with Gasteiger partial charge in [0.1, 0.15) is 17.2 Å². The van der Waals surface area contributed by atoms with E-state index in [0.717, 1.165) is 59.6 Å². The van der Waals surface area contributed by atoms with E-state index in [1.54, 1.807) is 14.2 Å². The smallest absolute Gasteiger partial charge is 0.338 e. The molecule has 2 aliphatic rings. The molecule has 0 amide bonds. The van der Waals surface area contributed by atoms with Crippen molar-refractivity contribution in [2.24, 2.45) is 0 Å². The Labute approximate surface area is 233 Å². The van der Waals surface area contributed by atoms with E-state index in [9.17, 15) is 4.79 Å². The van der Waals surface area contributed by atoms with E-state index in [2.05, 4.69) is 29.2 Å². The predicted octanol–water partition coefficient (Wildman–Crippen LogP) is 5.83. The highest BCUT2D eigenvalue weighted by Crippen LogP contribution is 2.47. The molecule has 1 fully saturated rings. The fourth-order valence-corrected chi connectivity index (χ4v) is 5.50. The molecule has 6 rings (SSSR count). The minimum Gasteiger partial charge on any atom is -0.497 e. The molecule has 4 aromatic rings. The monoisotopic (exact) mass is 537 g/mol. The summed E-state index contributed by atoms with van der Waals surface area (Å²) in [4.78, 5) is 15.2. The Kier molecular flexibility index (Phi) is 6.82. The summed E-state index contributed by atoms with van der Waals surface area (Å²) in [5.41, 5.74) is 3.19. The largest absolute Gasteiger partial charge is 0.497 e. The van der Waals surface area contributed by atoms with Crippen molar-refractivity contribution in [1.82, 2.24) is 0 Å². The Balaban J connectivity index is 1.53. The van der Waals surface area contributed by atoms with Crippen LogP contribution in [0.3, 0.4) is 0 Å². The zero-order valence-corrected chi connectivity index (χ0v) is 22.8. The molecule has 7 heteroatoms. The summed E-state index contributed by atoms with van der Waals surface area (Å²) in [7, 11) is 4.65. The minimum absolute atomic E-state index is 0.430. The van der Waals surface area contributed by atoms with Crippen LogP contribution in [0.1, 0.15) is 27.0 Å². The number of ether oxygens (including phenoxy) is 5. The normalized spacial score (nSPS) is 18.1. The van der Waals surface area contributed by atoms with E-state index in [0.29, 0.717) is 22.6 Å².